The SMILES string of the molecule is CCC(=O)NC[C@H](NC(=O)c1ccc2nc(NC(=O)c3ccccc3-c3ccc(C(F)(F)F)cc3)ccc2c1)c1ccccn1. The first-order valence-corrected chi connectivity index (χ1v) is 14.1. The van der Waals surface area contributed by atoms with Crippen LogP contribution in [0.2, 0.25) is 0 Å². The highest BCUT2D eigenvalue weighted by atomic mass is 19.4. The minimum absolute atomic E-state index is 0.145. The van der Waals surface area contributed by atoms with Crippen molar-refractivity contribution in [2.45, 2.75) is 25.6 Å². The molecule has 0 saturated heterocycles. The maximum atomic E-state index is 13.2. The van der Waals surface area contributed by atoms with Crippen LogP contribution in [0, 0.1) is 0 Å². The molecular weight excluding hydrogens is 583 g/mol. The molecule has 3 aromatic carbocycles. The van der Waals surface area contributed by atoms with Gasteiger partial charge in [-0.1, -0.05) is 43.3 Å². The highest BCUT2D eigenvalue weighted by Crippen LogP contribution is 2.32. The lowest BCUT2D eigenvalue weighted by atomic mass is 9.98. The number of aromatic nitrogens is 2. The van der Waals surface area contributed by atoms with Crippen molar-refractivity contribution in [3.05, 3.63) is 126 Å². The number of rotatable bonds is 9. The first-order valence-electron chi connectivity index (χ1n) is 14.1. The number of hydrogen-bond donors (Lipinski definition) is 3. The number of anilines is 1. The molecule has 45 heavy (non-hydrogen) atoms. The Labute approximate surface area is 256 Å². The van der Waals surface area contributed by atoms with Gasteiger partial charge >= 0.3 is 6.18 Å². The van der Waals surface area contributed by atoms with Crippen LogP contribution in [0.3, 0.4) is 0 Å². The minimum Gasteiger partial charge on any atom is -0.354 e. The normalized spacial score (nSPS) is 11.9. The summed E-state index contributed by atoms with van der Waals surface area (Å²) in [6.45, 7) is 1.92. The van der Waals surface area contributed by atoms with Crippen LogP contribution in [0.4, 0.5) is 19.0 Å². The van der Waals surface area contributed by atoms with Gasteiger partial charge in [0.2, 0.25) is 5.91 Å². The molecular formula is C34H28F3N5O3. The van der Waals surface area contributed by atoms with E-state index in [1.807, 2.05) is 0 Å². The number of carbonyl (C=O) groups is 3. The molecule has 5 rings (SSSR count). The number of hydrogen-bond acceptors (Lipinski definition) is 5. The molecule has 3 amide bonds. The summed E-state index contributed by atoms with van der Waals surface area (Å²) in [5, 5.41) is 9.13. The van der Waals surface area contributed by atoms with Crippen LogP contribution in [0.15, 0.2) is 103 Å². The van der Waals surface area contributed by atoms with E-state index in [0.29, 0.717) is 39.7 Å². The second-order valence-electron chi connectivity index (χ2n) is 10.1. The molecule has 5 aromatic rings. The lowest BCUT2D eigenvalue weighted by Crippen LogP contribution is -2.38. The molecule has 11 heteroatoms. The number of pyridine rings is 2. The van der Waals surface area contributed by atoms with Crippen molar-refractivity contribution < 1.29 is 27.6 Å². The summed E-state index contributed by atoms with van der Waals surface area (Å²) in [5.41, 5.74) is 1.92. The van der Waals surface area contributed by atoms with Gasteiger partial charge in [-0.25, -0.2) is 4.98 Å². The fraction of sp³-hybridized carbons (Fsp3) is 0.147. The Morgan fingerprint density at radius 3 is 2.31 bits per heavy atom. The fourth-order valence-electron chi connectivity index (χ4n) is 4.69. The third-order valence-electron chi connectivity index (χ3n) is 7.06. The zero-order chi connectivity index (χ0) is 32.0. The number of fused-ring (bicyclic) bond motifs is 1. The van der Waals surface area contributed by atoms with Crippen molar-refractivity contribution in [2.24, 2.45) is 0 Å². The Balaban J connectivity index is 1.31. The number of nitrogens with zero attached hydrogens (tertiary/aromatic N) is 2. The van der Waals surface area contributed by atoms with E-state index in [1.54, 1.807) is 85.9 Å². The summed E-state index contributed by atoms with van der Waals surface area (Å²) in [7, 11) is 0. The summed E-state index contributed by atoms with van der Waals surface area (Å²) in [6, 6.07) is 24.3. The van der Waals surface area contributed by atoms with Gasteiger partial charge in [0, 0.05) is 35.7 Å². The Bertz CT molecular complexity index is 1840. The van der Waals surface area contributed by atoms with Crippen molar-refractivity contribution >= 4 is 34.4 Å². The molecule has 3 N–H and O–H groups in total. The van der Waals surface area contributed by atoms with Crippen LogP contribution in [-0.2, 0) is 11.0 Å². The molecule has 0 aliphatic rings. The lowest BCUT2D eigenvalue weighted by Gasteiger charge is -2.19. The summed E-state index contributed by atoms with van der Waals surface area (Å²) in [5.74, 6) is -0.735. The van der Waals surface area contributed by atoms with Crippen LogP contribution < -0.4 is 16.0 Å². The number of amides is 3. The van der Waals surface area contributed by atoms with Crippen molar-refractivity contribution in [3.63, 3.8) is 0 Å². The largest absolute Gasteiger partial charge is 0.416 e. The molecule has 2 heterocycles. The lowest BCUT2D eigenvalue weighted by molar-refractivity contribution is -0.137. The van der Waals surface area contributed by atoms with Crippen LogP contribution in [0.5, 0.6) is 0 Å². The van der Waals surface area contributed by atoms with E-state index < -0.39 is 23.7 Å². The van der Waals surface area contributed by atoms with Crippen molar-refractivity contribution in [3.8, 4) is 11.1 Å². The standard InChI is InChI=1S/C34H28F3N5O3/c1-2-31(43)39-20-29(28-9-5-6-18-38-28)41-32(44)23-12-16-27-22(19-23)13-17-30(40-27)42-33(45)26-8-4-3-7-25(26)21-10-14-24(15-11-21)34(35,36)37/h3-19,29H,2,20H2,1H3,(H,39,43)(H,41,44)(H,40,42,45)/t29-/m0/s1. The van der Waals surface area contributed by atoms with Gasteiger partial charge in [0.15, 0.2) is 0 Å². The fourth-order valence-corrected chi connectivity index (χ4v) is 4.69. The molecule has 0 radical (unpaired) electrons. The quantitative estimate of drug-likeness (QED) is 0.175. The maximum absolute atomic E-state index is 13.2. The van der Waals surface area contributed by atoms with Gasteiger partial charge in [-0.2, -0.15) is 13.2 Å². The van der Waals surface area contributed by atoms with Crippen LogP contribution in [-0.4, -0.2) is 34.2 Å². The maximum Gasteiger partial charge on any atom is 0.416 e. The van der Waals surface area contributed by atoms with E-state index in [1.165, 1.54) is 12.1 Å². The highest BCUT2D eigenvalue weighted by Gasteiger charge is 2.30. The first kappa shape index (κ1) is 30.9. The highest BCUT2D eigenvalue weighted by molar-refractivity contribution is 6.08. The second-order valence-corrected chi connectivity index (χ2v) is 10.1. The predicted molar refractivity (Wildman–Crippen MR) is 164 cm³/mol. The topological polar surface area (TPSA) is 113 Å². The average molecular weight is 612 g/mol. The van der Waals surface area contributed by atoms with E-state index in [4.69, 9.17) is 0 Å². The van der Waals surface area contributed by atoms with Gasteiger partial charge in [-0.15, -0.1) is 0 Å². The van der Waals surface area contributed by atoms with Gasteiger partial charge in [-0.3, -0.25) is 19.4 Å². The Kier molecular flexibility index (Phi) is 9.17. The molecule has 0 fully saturated rings. The molecule has 0 aliphatic carbocycles. The van der Waals surface area contributed by atoms with Crippen LogP contribution >= 0.6 is 0 Å². The Hall–Kier alpha value is -5.58. The molecule has 1 atom stereocenters. The van der Waals surface area contributed by atoms with Gasteiger partial charge in [-0.05, 0) is 71.8 Å². The minimum atomic E-state index is -4.46. The van der Waals surface area contributed by atoms with Gasteiger partial charge in [0.1, 0.15) is 5.82 Å². The molecule has 2 aromatic heterocycles. The summed E-state index contributed by atoms with van der Waals surface area (Å²) >= 11 is 0. The van der Waals surface area contributed by atoms with E-state index >= 15 is 0 Å². The first-order chi connectivity index (χ1) is 21.6. The van der Waals surface area contributed by atoms with Crippen molar-refractivity contribution in [2.75, 3.05) is 11.9 Å². The van der Waals surface area contributed by atoms with Gasteiger partial charge in [0.25, 0.3) is 11.8 Å². The third-order valence-corrected chi connectivity index (χ3v) is 7.06. The Morgan fingerprint density at radius 1 is 0.844 bits per heavy atom. The van der Waals surface area contributed by atoms with Crippen molar-refractivity contribution in [1.82, 2.24) is 20.6 Å². The summed E-state index contributed by atoms with van der Waals surface area (Å²) in [6.07, 6.45) is -2.53. The van der Waals surface area contributed by atoms with Crippen LogP contribution in [0.1, 0.15) is 51.4 Å². The van der Waals surface area contributed by atoms with Gasteiger partial charge in [0.05, 0.1) is 22.8 Å². The zero-order valence-corrected chi connectivity index (χ0v) is 24.1. The molecule has 228 valence electrons. The smallest absolute Gasteiger partial charge is 0.354 e. The number of carbonyl (C=O) groups excluding carboxylic acids is 3. The van der Waals surface area contributed by atoms with E-state index in [2.05, 4.69) is 25.9 Å². The van der Waals surface area contributed by atoms with E-state index in [9.17, 15) is 27.6 Å². The third kappa shape index (κ3) is 7.50. The number of alkyl halides is 3. The van der Waals surface area contributed by atoms with Gasteiger partial charge < -0.3 is 16.0 Å². The second kappa shape index (κ2) is 13.4. The number of nitrogens with one attached hydrogen (secondary N) is 3. The van der Waals surface area contributed by atoms with Crippen LogP contribution in [0.25, 0.3) is 22.0 Å². The summed E-state index contributed by atoms with van der Waals surface area (Å²) < 4.78 is 39.1. The van der Waals surface area contributed by atoms with Crippen molar-refractivity contribution in [1.29, 1.82) is 0 Å². The molecule has 8 nitrogen and oxygen atoms in total. The molecule has 0 aliphatic heterocycles. The van der Waals surface area contributed by atoms with E-state index in [-0.39, 0.29) is 29.7 Å². The number of benzene rings is 3. The average Bonchev–Trinajstić information content (AvgIpc) is 3.06. The zero-order valence-electron chi connectivity index (χ0n) is 24.1. The molecule has 0 saturated carbocycles. The number of halogens is 3. The molecule has 0 unspecified atom stereocenters. The Morgan fingerprint density at radius 2 is 1.60 bits per heavy atom. The molecule has 0 spiro atoms. The monoisotopic (exact) mass is 611 g/mol. The predicted octanol–water partition coefficient (Wildman–Crippen LogP) is 6.57. The molecule has 0 bridgehead atoms. The van der Waals surface area contributed by atoms with E-state index in [0.717, 1.165) is 12.1 Å². The summed E-state index contributed by atoms with van der Waals surface area (Å²) in [4.78, 5) is 47.1.